The van der Waals surface area contributed by atoms with E-state index in [4.69, 9.17) is 11.6 Å². The molecule has 84 valence electrons. The maximum absolute atomic E-state index is 5.38. The summed E-state index contributed by atoms with van der Waals surface area (Å²) in [5, 5.41) is 0. The van der Waals surface area contributed by atoms with Gasteiger partial charge in [-0.1, -0.05) is 19.8 Å². The Balaban J connectivity index is 0.000000142. The van der Waals surface area contributed by atoms with E-state index in [1.165, 1.54) is 24.8 Å². The fraction of sp³-hybridized carbons (Fsp3) is 0.385. The van der Waals surface area contributed by atoms with Crippen LogP contribution in [-0.4, -0.2) is 16.6 Å². The van der Waals surface area contributed by atoms with Crippen molar-refractivity contribution >= 4 is 29.1 Å². The molecule has 0 saturated heterocycles. The van der Waals surface area contributed by atoms with Crippen molar-refractivity contribution in [3.8, 4) is 0 Å². The minimum Gasteiger partial charge on any atom is -0.254 e. The SMILES string of the molecule is C1=Cc2c3ccnc2C1=N3.CCCCCCl. The van der Waals surface area contributed by atoms with Crippen LogP contribution in [0.5, 0.6) is 0 Å². The molecule has 0 atom stereocenters. The fourth-order valence-electron chi connectivity index (χ4n) is 1.73. The Morgan fingerprint density at radius 1 is 1.25 bits per heavy atom. The fourth-order valence-corrected chi connectivity index (χ4v) is 1.92. The summed E-state index contributed by atoms with van der Waals surface area (Å²) in [7, 11) is 0. The van der Waals surface area contributed by atoms with Crippen LogP contribution in [0.2, 0.25) is 0 Å². The number of aromatic nitrogens is 1. The van der Waals surface area contributed by atoms with Crippen molar-refractivity contribution in [2.24, 2.45) is 4.99 Å². The number of aliphatic imine (C=N–C) groups is 1. The molecule has 2 aliphatic rings. The van der Waals surface area contributed by atoms with Gasteiger partial charge in [-0.15, -0.1) is 11.6 Å². The van der Waals surface area contributed by atoms with Gasteiger partial charge in [0.1, 0.15) is 0 Å². The number of allylic oxidation sites excluding steroid dienone is 1. The van der Waals surface area contributed by atoms with Crippen LogP contribution in [0.4, 0.5) is 5.69 Å². The molecule has 0 unspecified atom stereocenters. The summed E-state index contributed by atoms with van der Waals surface area (Å²) in [4.78, 5) is 8.51. The number of alkyl halides is 1. The molecular formula is C13H15ClN2. The topological polar surface area (TPSA) is 25.2 Å². The van der Waals surface area contributed by atoms with Crippen LogP contribution in [0.25, 0.3) is 6.08 Å². The van der Waals surface area contributed by atoms with Gasteiger partial charge in [-0.05, 0) is 24.6 Å². The normalized spacial score (nSPS) is 13.5. The molecule has 1 aliphatic carbocycles. The van der Waals surface area contributed by atoms with Crippen molar-refractivity contribution in [2.45, 2.75) is 26.2 Å². The van der Waals surface area contributed by atoms with Gasteiger partial charge in [0.25, 0.3) is 0 Å². The zero-order valence-corrected chi connectivity index (χ0v) is 10.2. The first kappa shape index (κ1) is 11.3. The lowest BCUT2D eigenvalue weighted by Crippen LogP contribution is -1.89. The molecule has 0 aromatic carbocycles. The van der Waals surface area contributed by atoms with E-state index in [0.29, 0.717) is 0 Å². The molecule has 2 nitrogen and oxygen atoms in total. The van der Waals surface area contributed by atoms with Crippen molar-refractivity contribution in [1.82, 2.24) is 4.98 Å². The average molecular weight is 235 g/mol. The lowest BCUT2D eigenvalue weighted by molar-refractivity contribution is 0.776. The van der Waals surface area contributed by atoms with Crippen LogP contribution in [0.1, 0.15) is 37.4 Å². The summed E-state index contributed by atoms with van der Waals surface area (Å²) < 4.78 is 0. The first-order valence-corrected chi connectivity index (χ1v) is 6.22. The number of rotatable bonds is 3. The second-order valence-corrected chi connectivity index (χ2v) is 4.20. The molecule has 16 heavy (non-hydrogen) atoms. The summed E-state index contributed by atoms with van der Waals surface area (Å²) in [6.07, 6.45) is 9.61. The van der Waals surface area contributed by atoms with Gasteiger partial charge in [0.05, 0.1) is 17.1 Å². The quantitative estimate of drug-likeness (QED) is 0.574. The Bertz CT molecular complexity index is 432. The van der Waals surface area contributed by atoms with E-state index < -0.39 is 0 Å². The molecule has 4 bridgehead atoms. The Hall–Kier alpha value is -1.15. The number of unbranched alkanes of at least 4 members (excludes halogenated alkanes) is 2. The van der Waals surface area contributed by atoms with Gasteiger partial charge in [0.15, 0.2) is 0 Å². The van der Waals surface area contributed by atoms with E-state index in [9.17, 15) is 0 Å². The van der Waals surface area contributed by atoms with Gasteiger partial charge in [-0.2, -0.15) is 0 Å². The van der Waals surface area contributed by atoms with E-state index in [1.54, 1.807) is 6.20 Å². The molecule has 0 spiro atoms. The summed E-state index contributed by atoms with van der Waals surface area (Å²) in [5.74, 6) is 0.827. The predicted molar refractivity (Wildman–Crippen MR) is 69.7 cm³/mol. The monoisotopic (exact) mass is 234 g/mol. The van der Waals surface area contributed by atoms with E-state index in [-0.39, 0.29) is 0 Å². The van der Waals surface area contributed by atoms with E-state index in [1.807, 2.05) is 12.1 Å². The highest BCUT2D eigenvalue weighted by Gasteiger charge is 2.22. The zero-order valence-electron chi connectivity index (χ0n) is 9.41. The third-order valence-corrected chi connectivity index (χ3v) is 2.86. The molecule has 3 heteroatoms. The first-order valence-electron chi connectivity index (χ1n) is 5.69. The first-order chi connectivity index (χ1) is 7.86. The highest BCUT2D eigenvalue weighted by molar-refractivity contribution is 6.21. The van der Waals surface area contributed by atoms with Crippen molar-refractivity contribution in [3.05, 3.63) is 29.6 Å². The van der Waals surface area contributed by atoms with Crippen molar-refractivity contribution in [3.63, 3.8) is 0 Å². The number of pyridine rings is 1. The molecule has 0 amide bonds. The Morgan fingerprint density at radius 3 is 2.69 bits per heavy atom. The number of hydrogen-bond acceptors (Lipinski definition) is 2. The van der Waals surface area contributed by atoms with Crippen molar-refractivity contribution < 1.29 is 0 Å². The maximum Gasteiger partial charge on any atom is 0.0980 e. The zero-order chi connectivity index (χ0) is 11.4. The molecule has 1 aliphatic heterocycles. The highest BCUT2D eigenvalue weighted by Crippen LogP contribution is 2.34. The Kier molecular flexibility index (Phi) is 3.73. The molecule has 0 radical (unpaired) electrons. The summed E-state index contributed by atoms with van der Waals surface area (Å²) >= 11 is 5.38. The predicted octanol–water partition coefficient (Wildman–Crippen LogP) is 3.96. The minimum atomic E-state index is 0.827. The van der Waals surface area contributed by atoms with Crippen LogP contribution in [0.3, 0.4) is 0 Å². The second kappa shape index (κ2) is 5.26. The number of nitrogens with zero attached hydrogens (tertiary/aromatic N) is 2. The van der Waals surface area contributed by atoms with Gasteiger partial charge in [-0.3, -0.25) is 4.98 Å². The van der Waals surface area contributed by atoms with Crippen LogP contribution >= 0.6 is 11.6 Å². The van der Waals surface area contributed by atoms with Crippen LogP contribution in [0, 0.1) is 0 Å². The average Bonchev–Trinajstić information content (AvgIpc) is 2.81. The summed E-state index contributed by atoms with van der Waals surface area (Å²) in [6.45, 7) is 2.17. The highest BCUT2D eigenvalue weighted by atomic mass is 35.5. The molecule has 2 heterocycles. The third kappa shape index (κ3) is 2.17. The lowest BCUT2D eigenvalue weighted by Gasteiger charge is -1.91. The van der Waals surface area contributed by atoms with E-state index >= 15 is 0 Å². The third-order valence-electron chi connectivity index (χ3n) is 2.60. The molecule has 3 rings (SSSR count). The molecule has 1 aromatic rings. The van der Waals surface area contributed by atoms with Crippen LogP contribution < -0.4 is 0 Å². The number of hydrogen-bond donors (Lipinski definition) is 0. The van der Waals surface area contributed by atoms with E-state index in [0.717, 1.165) is 23.0 Å². The minimum absolute atomic E-state index is 0.827. The second-order valence-electron chi connectivity index (χ2n) is 3.82. The standard InChI is InChI=1S/C8H4N2.C5H11Cl/c1-2-7-8-5(1)6(10-7)3-4-9-8;1-2-3-4-5-6/h1-4H;2-5H2,1H3. The summed E-state index contributed by atoms with van der Waals surface area (Å²) in [5.41, 5.74) is 4.34. The summed E-state index contributed by atoms with van der Waals surface area (Å²) in [6, 6.07) is 1.94. The smallest absolute Gasteiger partial charge is 0.0980 e. The molecule has 0 saturated carbocycles. The molecule has 0 fully saturated rings. The molecule has 0 N–H and O–H groups in total. The van der Waals surface area contributed by atoms with Crippen LogP contribution in [0.15, 0.2) is 23.3 Å². The lowest BCUT2D eigenvalue weighted by atomic mass is 10.2. The van der Waals surface area contributed by atoms with E-state index in [2.05, 4.69) is 23.0 Å². The number of halogens is 1. The van der Waals surface area contributed by atoms with Gasteiger partial charge in [-0.25, -0.2) is 4.99 Å². The largest absolute Gasteiger partial charge is 0.254 e. The Labute approximate surface area is 101 Å². The van der Waals surface area contributed by atoms with Gasteiger partial charge < -0.3 is 0 Å². The Morgan fingerprint density at radius 2 is 2.12 bits per heavy atom. The van der Waals surface area contributed by atoms with Gasteiger partial charge in [0, 0.05) is 17.6 Å². The van der Waals surface area contributed by atoms with Crippen LogP contribution in [-0.2, 0) is 0 Å². The maximum atomic E-state index is 5.38. The van der Waals surface area contributed by atoms with Gasteiger partial charge >= 0.3 is 0 Å². The molecular weight excluding hydrogens is 220 g/mol. The molecule has 1 aromatic heterocycles. The van der Waals surface area contributed by atoms with Crippen molar-refractivity contribution in [1.29, 1.82) is 0 Å². The van der Waals surface area contributed by atoms with Gasteiger partial charge in [0.2, 0.25) is 0 Å². The van der Waals surface area contributed by atoms with Crippen molar-refractivity contribution in [2.75, 3.05) is 5.88 Å².